The van der Waals surface area contributed by atoms with Crippen molar-refractivity contribution in [1.82, 2.24) is 34.7 Å². The van der Waals surface area contributed by atoms with Gasteiger partial charge in [0.2, 0.25) is 0 Å². The Morgan fingerprint density at radius 2 is 1.79 bits per heavy atom. The van der Waals surface area contributed by atoms with Gasteiger partial charge in [-0.1, -0.05) is 0 Å². The van der Waals surface area contributed by atoms with Crippen LogP contribution in [0.2, 0.25) is 0 Å². The molecule has 1 fully saturated rings. The van der Waals surface area contributed by atoms with E-state index in [4.69, 9.17) is 4.98 Å². The van der Waals surface area contributed by atoms with Gasteiger partial charge in [0.15, 0.2) is 17.3 Å². The molecule has 9 heteroatoms. The van der Waals surface area contributed by atoms with E-state index in [1.807, 2.05) is 32.4 Å². The SMILES string of the molecule is CN(C)CCNc1nc(-c2ccc(N3CCN(C)CC3)nc2)nc2nccnc12. The summed E-state index contributed by atoms with van der Waals surface area (Å²) < 4.78 is 0. The largest absolute Gasteiger partial charge is 0.367 e. The predicted octanol–water partition coefficient (Wildman–Crippen LogP) is 1.21. The van der Waals surface area contributed by atoms with Gasteiger partial charge >= 0.3 is 0 Å². The van der Waals surface area contributed by atoms with Crippen molar-refractivity contribution in [3.8, 4) is 11.4 Å². The first-order valence-corrected chi connectivity index (χ1v) is 9.87. The molecule has 29 heavy (non-hydrogen) atoms. The predicted molar refractivity (Wildman–Crippen MR) is 115 cm³/mol. The zero-order valence-electron chi connectivity index (χ0n) is 17.2. The molecule has 152 valence electrons. The third-order valence-electron chi connectivity index (χ3n) is 5.02. The Balaban J connectivity index is 1.59. The van der Waals surface area contributed by atoms with E-state index >= 15 is 0 Å². The molecule has 0 saturated carbocycles. The van der Waals surface area contributed by atoms with Gasteiger partial charge in [0, 0.05) is 63.4 Å². The number of likely N-dealkylation sites (N-methyl/N-ethyl adjacent to an activating group) is 2. The number of anilines is 2. The topological polar surface area (TPSA) is 86.2 Å². The lowest BCUT2D eigenvalue weighted by atomic mass is 10.2. The van der Waals surface area contributed by atoms with E-state index in [1.165, 1.54) is 0 Å². The molecule has 3 aromatic rings. The fraction of sp³-hybridized carbons (Fsp3) is 0.450. The number of pyridine rings is 1. The average molecular weight is 393 g/mol. The fourth-order valence-electron chi connectivity index (χ4n) is 3.25. The molecular weight excluding hydrogens is 366 g/mol. The summed E-state index contributed by atoms with van der Waals surface area (Å²) in [6, 6.07) is 4.08. The second kappa shape index (κ2) is 8.62. The molecule has 0 radical (unpaired) electrons. The van der Waals surface area contributed by atoms with Gasteiger partial charge in [0.1, 0.15) is 11.3 Å². The maximum atomic E-state index is 4.72. The molecule has 1 aliphatic heterocycles. The lowest BCUT2D eigenvalue weighted by Gasteiger charge is -2.33. The van der Waals surface area contributed by atoms with E-state index in [9.17, 15) is 0 Å². The summed E-state index contributed by atoms with van der Waals surface area (Å²) in [5, 5.41) is 3.37. The van der Waals surface area contributed by atoms with Gasteiger partial charge in [-0.05, 0) is 33.3 Å². The number of rotatable bonds is 6. The Morgan fingerprint density at radius 1 is 1.00 bits per heavy atom. The maximum absolute atomic E-state index is 4.72. The Kier molecular flexibility index (Phi) is 5.77. The smallest absolute Gasteiger partial charge is 0.184 e. The summed E-state index contributed by atoms with van der Waals surface area (Å²) in [5.74, 6) is 2.29. The summed E-state index contributed by atoms with van der Waals surface area (Å²) in [6.07, 6.45) is 5.15. The van der Waals surface area contributed by atoms with Crippen LogP contribution >= 0.6 is 0 Å². The van der Waals surface area contributed by atoms with Crippen LogP contribution in [0.5, 0.6) is 0 Å². The van der Waals surface area contributed by atoms with Crippen molar-refractivity contribution in [3.63, 3.8) is 0 Å². The molecule has 4 rings (SSSR count). The highest BCUT2D eigenvalue weighted by atomic mass is 15.3. The molecule has 3 aromatic heterocycles. The first kappa shape index (κ1) is 19.4. The van der Waals surface area contributed by atoms with Crippen LogP contribution in [0.4, 0.5) is 11.6 Å². The highest BCUT2D eigenvalue weighted by Crippen LogP contribution is 2.23. The van der Waals surface area contributed by atoms with Gasteiger partial charge in [-0.2, -0.15) is 0 Å². The van der Waals surface area contributed by atoms with E-state index < -0.39 is 0 Å². The van der Waals surface area contributed by atoms with Gasteiger partial charge in [0.25, 0.3) is 0 Å². The summed E-state index contributed by atoms with van der Waals surface area (Å²) in [4.78, 5) is 29.5. The van der Waals surface area contributed by atoms with Crippen LogP contribution in [-0.4, -0.2) is 95.1 Å². The zero-order chi connectivity index (χ0) is 20.2. The number of nitrogens with one attached hydrogen (secondary N) is 1. The van der Waals surface area contributed by atoms with Crippen LogP contribution in [0.1, 0.15) is 0 Å². The highest BCUT2D eigenvalue weighted by Gasteiger charge is 2.16. The van der Waals surface area contributed by atoms with E-state index in [2.05, 4.69) is 47.0 Å². The second-order valence-electron chi connectivity index (χ2n) is 7.55. The molecule has 0 amide bonds. The van der Waals surface area contributed by atoms with E-state index in [0.717, 1.165) is 50.6 Å². The Labute approximate surface area is 170 Å². The molecule has 1 aliphatic rings. The van der Waals surface area contributed by atoms with Crippen molar-refractivity contribution in [1.29, 1.82) is 0 Å². The Hall–Kier alpha value is -2.91. The maximum Gasteiger partial charge on any atom is 0.184 e. The van der Waals surface area contributed by atoms with Crippen LogP contribution in [0.15, 0.2) is 30.7 Å². The molecule has 0 atom stereocenters. The molecule has 0 spiro atoms. The first-order chi connectivity index (χ1) is 14.1. The molecular formula is C20H27N9. The molecule has 0 aromatic carbocycles. The van der Waals surface area contributed by atoms with E-state index in [0.29, 0.717) is 22.8 Å². The van der Waals surface area contributed by atoms with Gasteiger partial charge in [0.05, 0.1) is 0 Å². The number of piperazine rings is 1. The second-order valence-corrected chi connectivity index (χ2v) is 7.55. The number of hydrogen-bond donors (Lipinski definition) is 1. The Bertz CT molecular complexity index is 950. The van der Waals surface area contributed by atoms with Crippen molar-refractivity contribution in [2.24, 2.45) is 0 Å². The highest BCUT2D eigenvalue weighted by molar-refractivity contribution is 5.84. The molecule has 0 aliphatic carbocycles. The zero-order valence-corrected chi connectivity index (χ0v) is 17.2. The number of fused-ring (bicyclic) bond motifs is 1. The minimum absolute atomic E-state index is 0.577. The molecule has 9 nitrogen and oxygen atoms in total. The van der Waals surface area contributed by atoms with Crippen LogP contribution in [0, 0.1) is 0 Å². The van der Waals surface area contributed by atoms with Crippen LogP contribution in [0.25, 0.3) is 22.6 Å². The van der Waals surface area contributed by atoms with Crippen LogP contribution < -0.4 is 10.2 Å². The average Bonchev–Trinajstić information content (AvgIpc) is 2.74. The minimum atomic E-state index is 0.577. The van der Waals surface area contributed by atoms with Crippen molar-refractivity contribution in [3.05, 3.63) is 30.7 Å². The quantitative estimate of drug-likeness (QED) is 0.664. The molecule has 4 heterocycles. The summed E-state index contributed by atoms with van der Waals surface area (Å²) >= 11 is 0. The number of aromatic nitrogens is 5. The van der Waals surface area contributed by atoms with E-state index in [1.54, 1.807) is 12.4 Å². The lowest BCUT2D eigenvalue weighted by molar-refractivity contribution is 0.312. The van der Waals surface area contributed by atoms with Gasteiger partial charge < -0.3 is 20.0 Å². The summed E-state index contributed by atoms with van der Waals surface area (Å²) in [7, 11) is 6.23. The summed E-state index contributed by atoms with van der Waals surface area (Å²) in [5.41, 5.74) is 2.12. The molecule has 1 N–H and O–H groups in total. The monoisotopic (exact) mass is 393 g/mol. The van der Waals surface area contributed by atoms with Gasteiger partial charge in [-0.25, -0.2) is 24.9 Å². The third kappa shape index (κ3) is 4.57. The fourth-order valence-corrected chi connectivity index (χ4v) is 3.25. The van der Waals surface area contributed by atoms with Crippen molar-refractivity contribution in [2.45, 2.75) is 0 Å². The van der Waals surface area contributed by atoms with Crippen molar-refractivity contribution >= 4 is 22.8 Å². The normalized spacial score (nSPS) is 15.2. The molecule has 0 bridgehead atoms. The number of hydrogen-bond acceptors (Lipinski definition) is 9. The number of nitrogens with zero attached hydrogens (tertiary/aromatic N) is 8. The third-order valence-corrected chi connectivity index (χ3v) is 5.02. The molecule has 1 saturated heterocycles. The first-order valence-electron chi connectivity index (χ1n) is 9.87. The van der Waals surface area contributed by atoms with E-state index in [-0.39, 0.29) is 0 Å². The minimum Gasteiger partial charge on any atom is -0.367 e. The van der Waals surface area contributed by atoms with Gasteiger partial charge in [-0.15, -0.1) is 0 Å². The van der Waals surface area contributed by atoms with Crippen molar-refractivity contribution < 1.29 is 0 Å². The van der Waals surface area contributed by atoms with Crippen molar-refractivity contribution in [2.75, 3.05) is 70.6 Å². The molecule has 0 unspecified atom stereocenters. The van der Waals surface area contributed by atoms with Crippen LogP contribution in [0.3, 0.4) is 0 Å². The van der Waals surface area contributed by atoms with Gasteiger partial charge in [-0.3, -0.25) is 0 Å². The van der Waals surface area contributed by atoms with Crippen LogP contribution in [-0.2, 0) is 0 Å². The standard InChI is InChI=1S/C20H27N9/c1-27(2)9-8-23-20-17-19(22-7-6-21-17)25-18(26-20)15-4-5-16(24-14-15)29-12-10-28(3)11-13-29/h4-7,14H,8-13H2,1-3H3,(H,22,23,25,26). The Morgan fingerprint density at radius 3 is 2.52 bits per heavy atom. The lowest BCUT2D eigenvalue weighted by Crippen LogP contribution is -2.44. The summed E-state index contributed by atoms with van der Waals surface area (Å²) in [6.45, 7) is 5.74.